The Kier molecular flexibility index (Phi) is 9.87. The van der Waals surface area contributed by atoms with Gasteiger partial charge in [0.1, 0.15) is 0 Å². The van der Waals surface area contributed by atoms with Crippen LogP contribution in [0, 0.1) is 0 Å². The molecule has 0 bridgehead atoms. The summed E-state index contributed by atoms with van der Waals surface area (Å²) in [4.78, 5) is 0. The molecule has 0 atom stereocenters. The molecule has 0 aliphatic carbocycles. The molecule has 0 rings (SSSR count). The van der Waals surface area contributed by atoms with E-state index >= 15 is 0 Å². The molecule has 0 radical (unpaired) electrons. The maximum atomic E-state index is 5.35. The van der Waals surface area contributed by atoms with Crippen molar-refractivity contribution in [3.63, 3.8) is 0 Å². The van der Waals surface area contributed by atoms with E-state index in [2.05, 4.69) is 24.5 Å². The van der Waals surface area contributed by atoms with Gasteiger partial charge in [-0.25, -0.2) is 0 Å². The molecule has 0 aromatic rings. The van der Waals surface area contributed by atoms with Gasteiger partial charge in [-0.15, -0.1) is 0 Å². The highest BCUT2D eigenvalue weighted by Gasteiger charge is 1.92. The average Bonchev–Trinajstić information content (AvgIpc) is 2.09. The Bertz CT molecular complexity index is 94.2. The molecule has 4 N–H and O–H groups in total. The lowest BCUT2D eigenvalue weighted by Gasteiger charge is -2.07. The van der Waals surface area contributed by atoms with E-state index in [0.29, 0.717) is 6.04 Å². The minimum absolute atomic E-state index is 0.621. The van der Waals surface area contributed by atoms with Crippen LogP contribution >= 0.6 is 0 Å². The topological polar surface area (TPSA) is 50.1 Å². The Morgan fingerprint density at radius 3 is 2.31 bits per heavy atom. The lowest BCUT2D eigenvalue weighted by atomic mass is 10.2. The molecule has 0 aromatic carbocycles. The van der Waals surface area contributed by atoms with Crippen LogP contribution in [0.1, 0.15) is 33.1 Å². The molecule has 3 nitrogen and oxygen atoms in total. The van der Waals surface area contributed by atoms with Gasteiger partial charge < -0.3 is 16.4 Å². The largest absolute Gasteiger partial charge is 0.329 e. The minimum Gasteiger partial charge on any atom is -0.329 e. The van der Waals surface area contributed by atoms with Crippen LogP contribution in [0.25, 0.3) is 0 Å². The smallest absolute Gasteiger partial charge is 0.00745 e. The van der Waals surface area contributed by atoms with E-state index in [4.69, 9.17) is 5.73 Å². The predicted octanol–water partition coefficient (Wildman–Crippen LogP) is 0.703. The second-order valence-electron chi connectivity index (χ2n) is 3.71. The van der Waals surface area contributed by atoms with Gasteiger partial charge >= 0.3 is 0 Å². The first-order valence-corrected chi connectivity index (χ1v) is 5.41. The van der Waals surface area contributed by atoms with Crippen molar-refractivity contribution in [2.45, 2.75) is 39.2 Å². The Labute approximate surface area is 82.5 Å². The highest BCUT2D eigenvalue weighted by atomic mass is 14.9. The summed E-state index contributed by atoms with van der Waals surface area (Å²) in [6.45, 7) is 8.32. The van der Waals surface area contributed by atoms with Crippen molar-refractivity contribution in [2.24, 2.45) is 5.73 Å². The van der Waals surface area contributed by atoms with Crippen LogP contribution in [0.3, 0.4) is 0 Å². The van der Waals surface area contributed by atoms with Crippen LogP contribution in [-0.4, -0.2) is 32.2 Å². The zero-order valence-corrected chi connectivity index (χ0v) is 9.10. The summed E-state index contributed by atoms with van der Waals surface area (Å²) in [7, 11) is 0. The van der Waals surface area contributed by atoms with Crippen molar-refractivity contribution in [3.8, 4) is 0 Å². The van der Waals surface area contributed by atoms with E-state index in [1.807, 2.05) is 0 Å². The summed E-state index contributed by atoms with van der Waals surface area (Å²) < 4.78 is 0. The molecule has 0 amide bonds. The van der Waals surface area contributed by atoms with Gasteiger partial charge in [0.2, 0.25) is 0 Å². The first-order chi connectivity index (χ1) is 6.27. The van der Waals surface area contributed by atoms with Crippen molar-refractivity contribution in [3.05, 3.63) is 0 Å². The van der Waals surface area contributed by atoms with E-state index < -0.39 is 0 Å². The summed E-state index contributed by atoms with van der Waals surface area (Å²) in [5, 5.41) is 6.70. The lowest BCUT2D eigenvalue weighted by Crippen LogP contribution is -2.25. The molecule has 0 saturated heterocycles. The number of hydrogen-bond donors (Lipinski definition) is 3. The zero-order valence-electron chi connectivity index (χ0n) is 9.10. The third-order valence-corrected chi connectivity index (χ3v) is 1.90. The van der Waals surface area contributed by atoms with E-state index in [1.165, 1.54) is 19.3 Å². The molecule has 0 aromatic heterocycles. The molecule has 13 heavy (non-hydrogen) atoms. The fraction of sp³-hybridized carbons (Fsp3) is 1.00. The van der Waals surface area contributed by atoms with Crippen molar-refractivity contribution < 1.29 is 0 Å². The van der Waals surface area contributed by atoms with Crippen LogP contribution in [-0.2, 0) is 0 Å². The lowest BCUT2D eigenvalue weighted by molar-refractivity contribution is 0.538. The maximum absolute atomic E-state index is 5.35. The van der Waals surface area contributed by atoms with Gasteiger partial charge in [0.25, 0.3) is 0 Å². The van der Waals surface area contributed by atoms with Gasteiger partial charge in [0.05, 0.1) is 0 Å². The molecule has 0 aliphatic rings. The van der Waals surface area contributed by atoms with E-state index in [9.17, 15) is 0 Å². The highest BCUT2D eigenvalue weighted by Crippen LogP contribution is 1.92. The Morgan fingerprint density at radius 1 is 1.00 bits per heavy atom. The van der Waals surface area contributed by atoms with Gasteiger partial charge in [-0.2, -0.15) is 0 Å². The quantitative estimate of drug-likeness (QED) is 0.466. The number of unbranched alkanes of at least 4 members (excludes halogenated alkanes) is 2. The van der Waals surface area contributed by atoms with Crippen LogP contribution in [0.2, 0.25) is 0 Å². The summed E-state index contributed by atoms with van der Waals surface area (Å²) in [6, 6.07) is 0.621. The molecule has 3 heteroatoms. The third kappa shape index (κ3) is 11.9. The second kappa shape index (κ2) is 9.96. The van der Waals surface area contributed by atoms with Crippen molar-refractivity contribution in [1.82, 2.24) is 10.6 Å². The van der Waals surface area contributed by atoms with Crippen LogP contribution in [0.5, 0.6) is 0 Å². The van der Waals surface area contributed by atoms with Crippen LogP contribution in [0.15, 0.2) is 0 Å². The fourth-order valence-electron chi connectivity index (χ4n) is 1.17. The molecule has 0 saturated carbocycles. The Hall–Kier alpha value is -0.120. The average molecular weight is 187 g/mol. The van der Waals surface area contributed by atoms with Crippen LogP contribution in [0.4, 0.5) is 0 Å². The van der Waals surface area contributed by atoms with Gasteiger partial charge in [-0.05, 0) is 25.9 Å². The second-order valence-corrected chi connectivity index (χ2v) is 3.71. The standard InChI is InChI=1S/C10H25N3/c1-10(2)13-8-5-3-4-7-12-9-6-11/h10,12-13H,3-9,11H2,1-2H3. The molecule has 0 spiro atoms. The number of nitrogens with one attached hydrogen (secondary N) is 2. The first kappa shape index (κ1) is 12.9. The number of rotatable bonds is 9. The third-order valence-electron chi connectivity index (χ3n) is 1.90. The Balaban J connectivity index is 2.84. The molecule has 0 heterocycles. The van der Waals surface area contributed by atoms with Crippen LogP contribution < -0.4 is 16.4 Å². The van der Waals surface area contributed by atoms with E-state index in [0.717, 1.165) is 26.2 Å². The van der Waals surface area contributed by atoms with Gasteiger partial charge in [-0.3, -0.25) is 0 Å². The zero-order chi connectivity index (χ0) is 9.94. The first-order valence-electron chi connectivity index (χ1n) is 5.41. The van der Waals surface area contributed by atoms with E-state index in [-0.39, 0.29) is 0 Å². The normalized spacial score (nSPS) is 11.1. The monoisotopic (exact) mass is 187 g/mol. The minimum atomic E-state index is 0.621. The summed E-state index contributed by atoms with van der Waals surface area (Å²) >= 11 is 0. The van der Waals surface area contributed by atoms with Gasteiger partial charge in [-0.1, -0.05) is 20.3 Å². The number of hydrogen-bond acceptors (Lipinski definition) is 3. The summed E-state index contributed by atoms with van der Waals surface area (Å²) in [6.07, 6.45) is 3.85. The number of nitrogens with two attached hydrogens (primary N) is 1. The molecule has 0 fully saturated rings. The highest BCUT2D eigenvalue weighted by molar-refractivity contribution is 4.54. The van der Waals surface area contributed by atoms with E-state index in [1.54, 1.807) is 0 Å². The molecular weight excluding hydrogens is 162 g/mol. The van der Waals surface area contributed by atoms with Gasteiger partial charge in [0, 0.05) is 19.1 Å². The van der Waals surface area contributed by atoms with Crippen molar-refractivity contribution >= 4 is 0 Å². The summed E-state index contributed by atoms with van der Waals surface area (Å²) in [5.74, 6) is 0. The summed E-state index contributed by atoms with van der Waals surface area (Å²) in [5.41, 5.74) is 5.35. The van der Waals surface area contributed by atoms with Crippen molar-refractivity contribution in [2.75, 3.05) is 26.2 Å². The molecular formula is C10H25N3. The Morgan fingerprint density at radius 2 is 1.69 bits per heavy atom. The maximum Gasteiger partial charge on any atom is 0.00745 e. The molecule has 80 valence electrons. The van der Waals surface area contributed by atoms with Crippen molar-refractivity contribution in [1.29, 1.82) is 0 Å². The molecule has 0 aliphatic heterocycles. The predicted molar refractivity (Wildman–Crippen MR) is 58.9 cm³/mol. The van der Waals surface area contributed by atoms with Gasteiger partial charge in [0.15, 0.2) is 0 Å². The fourth-order valence-corrected chi connectivity index (χ4v) is 1.17. The SMILES string of the molecule is CC(C)NCCCCCNCCN. The molecule has 0 unspecified atom stereocenters.